The van der Waals surface area contributed by atoms with Gasteiger partial charge >= 0.3 is 0 Å². The van der Waals surface area contributed by atoms with E-state index in [0.29, 0.717) is 17.8 Å². The number of hydrogen-bond donors (Lipinski definition) is 2. The number of anilines is 1. The van der Waals surface area contributed by atoms with Gasteiger partial charge in [0.2, 0.25) is 5.91 Å². The molecule has 1 aliphatic rings. The summed E-state index contributed by atoms with van der Waals surface area (Å²) in [4.78, 5) is 25.2. The van der Waals surface area contributed by atoms with Crippen LogP contribution in [0.5, 0.6) is 0 Å². The second kappa shape index (κ2) is 7.62. The van der Waals surface area contributed by atoms with E-state index in [0.717, 1.165) is 34.9 Å². The van der Waals surface area contributed by atoms with Crippen molar-refractivity contribution >= 4 is 33.4 Å². The van der Waals surface area contributed by atoms with Crippen molar-refractivity contribution in [3.8, 4) is 0 Å². The van der Waals surface area contributed by atoms with Crippen molar-refractivity contribution in [2.24, 2.45) is 0 Å². The van der Waals surface area contributed by atoms with Crippen LogP contribution in [-0.2, 0) is 10.2 Å². The Bertz CT molecular complexity index is 826. The molecule has 26 heavy (non-hydrogen) atoms. The molecule has 0 aliphatic heterocycles. The minimum Gasteiger partial charge on any atom is -0.352 e. The second-order valence-electron chi connectivity index (χ2n) is 6.79. The smallest absolute Gasteiger partial charge is 0.251 e. The highest BCUT2D eigenvalue weighted by molar-refractivity contribution is 9.10. The first kappa shape index (κ1) is 18.6. The van der Waals surface area contributed by atoms with Crippen molar-refractivity contribution in [3.63, 3.8) is 0 Å². The van der Waals surface area contributed by atoms with Gasteiger partial charge in [-0.25, -0.2) is 0 Å². The number of rotatable bonds is 5. The lowest BCUT2D eigenvalue weighted by Crippen LogP contribution is -2.46. The quantitative estimate of drug-likeness (QED) is 0.752. The number of carbonyl (C=O) groups excluding carboxylic acids is 2. The Hall–Kier alpha value is -2.14. The van der Waals surface area contributed by atoms with Crippen molar-refractivity contribution in [1.29, 1.82) is 0 Å². The SMILES string of the molecule is CCNC(=O)c1ccc(C)c(NC(=O)C2(c3ccc(Br)cc3)CCC2)c1. The molecule has 3 rings (SSSR count). The Kier molecular flexibility index (Phi) is 5.47. The molecule has 2 amide bonds. The molecule has 4 nitrogen and oxygen atoms in total. The van der Waals surface area contributed by atoms with Gasteiger partial charge < -0.3 is 10.6 Å². The van der Waals surface area contributed by atoms with Crippen molar-refractivity contribution in [1.82, 2.24) is 5.32 Å². The third-order valence-corrected chi connectivity index (χ3v) is 5.65. The van der Waals surface area contributed by atoms with E-state index in [2.05, 4.69) is 26.6 Å². The zero-order chi connectivity index (χ0) is 18.7. The van der Waals surface area contributed by atoms with E-state index in [1.165, 1.54) is 0 Å². The molecular weight excluding hydrogens is 392 g/mol. The van der Waals surface area contributed by atoms with E-state index in [9.17, 15) is 9.59 Å². The second-order valence-corrected chi connectivity index (χ2v) is 7.70. The van der Waals surface area contributed by atoms with Crippen molar-refractivity contribution < 1.29 is 9.59 Å². The van der Waals surface area contributed by atoms with Crippen LogP contribution in [0, 0.1) is 6.92 Å². The first-order chi connectivity index (χ1) is 12.5. The highest BCUT2D eigenvalue weighted by Crippen LogP contribution is 2.45. The summed E-state index contributed by atoms with van der Waals surface area (Å²) in [5, 5.41) is 5.86. The predicted octanol–water partition coefficient (Wildman–Crippen LogP) is 4.57. The van der Waals surface area contributed by atoms with Crippen LogP contribution in [0.4, 0.5) is 5.69 Å². The van der Waals surface area contributed by atoms with Gasteiger partial charge in [-0.05, 0) is 62.1 Å². The zero-order valence-electron chi connectivity index (χ0n) is 15.1. The number of halogens is 1. The van der Waals surface area contributed by atoms with Crippen LogP contribution in [-0.4, -0.2) is 18.4 Å². The molecule has 1 saturated carbocycles. The maximum Gasteiger partial charge on any atom is 0.251 e. The molecule has 0 atom stereocenters. The molecule has 1 fully saturated rings. The summed E-state index contributed by atoms with van der Waals surface area (Å²) in [6.07, 6.45) is 2.73. The lowest BCUT2D eigenvalue weighted by atomic mass is 9.64. The Labute approximate surface area is 162 Å². The standard InChI is InChI=1S/C21H23BrN2O2/c1-3-23-19(25)15-6-5-14(2)18(13-15)24-20(26)21(11-4-12-21)16-7-9-17(22)10-8-16/h5-10,13H,3-4,11-12H2,1-2H3,(H,23,25)(H,24,26). The van der Waals surface area contributed by atoms with E-state index in [-0.39, 0.29) is 11.8 Å². The topological polar surface area (TPSA) is 58.2 Å². The average molecular weight is 415 g/mol. The van der Waals surface area contributed by atoms with Gasteiger partial charge in [-0.1, -0.05) is 40.5 Å². The average Bonchev–Trinajstić information content (AvgIpc) is 2.57. The number of aryl methyl sites for hydroxylation is 1. The molecule has 2 N–H and O–H groups in total. The minimum atomic E-state index is -0.477. The molecule has 2 aromatic rings. The Morgan fingerprint density at radius 2 is 1.81 bits per heavy atom. The fourth-order valence-electron chi connectivity index (χ4n) is 3.35. The van der Waals surface area contributed by atoms with Gasteiger partial charge in [0.05, 0.1) is 5.41 Å². The van der Waals surface area contributed by atoms with Gasteiger partial charge in [0.1, 0.15) is 0 Å². The summed E-state index contributed by atoms with van der Waals surface area (Å²) < 4.78 is 1.00. The highest BCUT2D eigenvalue weighted by atomic mass is 79.9. The van der Waals surface area contributed by atoms with Crippen LogP contribution < -0.4 is 10.6 Å². The molecule has 0 spiro atoms. The van der Waals surface area contributed by atoms with Crippen LogP contribution in [0.2, 0.25) is 0 Å². The van der Waals surface area contributed by atoms with Crippen LogP contribution in [0.1, 0.15) is 47.7 Å². The van der Waals surface area contributed by atoms with Gasteiger partial charge in [-0.15, -0.1) is 0 Å². The highest BCUT2D eigenvalue weighted by Gasteiger charge is 2.45. The Balaban J connectivity index is 1.85. The summed E-state index contributed by atoms with van der Waals surface area (Å²) >= 11 is 3.45. The molecule has 136 valence electrons. The predicted molar refractivity (Wildman–Crippen MR) is 107 cm³/mol. The van der Waals surface area contributed by atoms with Gasteiger partial charge in [0.15, 0.2) is 0 Å². The molecule has 0 heterocycles. The third kappa shape index (κ3) is 3.54. The number of nitrogens with one attached hydrogen (secondary N) is 2. The number of benzene rings is 2. The fraction of sp³-hybridized carbons (Fsp3) is 0.333. The normalized spacial score (nSPS) is 15.0. The molecular formula is C21H23BrN2O2. The van der Waals surface area contributed by atoms with Crippen LogP contribution in [0.25, 0.3) is 0 Å². The number of carbonyl (C=O) groups is 2. The summed E-state index contributed by atoms with van der Waals surface area (Å²) in [6.45, 7) is 4.39. The van der Waals surface area contributed by atoms with Crippen molar-refractivity contribution in [2.75, 3.05) is 11.9 Å². The van der Waals surface area contributed by atoms with Crippen LogP contribution >= 0.6 is 15.9 Å². The van der Waals surface area contributed by atoms with E-state index >= 15 is 0 Å². The number of amides is 2. The van der Waals surface area contributed by atoms with Gasteiger partial charge in [-0.2, -0.15) is 0 Å². The Morgan fingerprint density at radius 1 is 1.12 bits per heavy atom. The summed E-state index contributed by atoms with van der Waals surface area (Å²) in [5.74, 6) is -0.128. The lowest BCUT2D eigenvalue weighted by molar-refractivity contribution is -0.124. The van der Waals surface area contributed by atoms with Crippen LogP contribution in [0.3, 0.4) is 0 Å². The van der Waals surface area contributed by atoms with Gasteiger partial charge in [0, 0.05) is 22.3 Å². The molecule has 0 aromatic heterocycles. The monoisotopic (exact) mass is 414 g/mol. The van der Waals surface area contributed by atoms with E-state index in [1.807, 2.05) is 44.2 Å². The summed E-state index contributed by atoms with van der Waals surface area (Å²) in [6, 6.07) is 13.4. The molecule has 2 aromatic carbocycles. The molecule has 0 unspecified atom stereocenters. The number of hydrogen-bond acceptors (Lipinski definition) is 2. The van der Waals surface area contributed by atoms with E-state index < -0.39 is 5.41 Å². The van der Waals surface area contributed by atoms with Gasteiger partial charge in [0.25, 0.3) is 5.91 Å². The molecule has 0 radical (unpaired) electrons. The van der Waals surface area contributed by atoms with E-state index in [1.54, 1.807) is 12.1 Å². The fourth-order valence-corrected chi connectivity index (χ4v) is 3.61. The zero-order valence-corrected chi connectivity index (χ0v) is 16.7. The van der Waals surface area contributed by atoms with Crippen molar-refractivity contribution in [2.45, 2.75) is 38.5 Å². The first-order valence-corrected chi connectivity index (χ1v) is 9.72. The maximum absolute atomic E-state index is 13.1. The molecule has 5 heteroatoms. The lowest BCUT2D eigenvalue weighted by Gasteiger charge is -2.41. The molecule has 0 bridgehead atoms. The third-order valence-electron chi connectivity index (χ3n) is 5.12. The van der Waals surface area contributed by atoms with Crippen molar-refractivity contribution in [3.05, 3.63) is 63.6 Å². The molecule has 1 aliphatic carbocycles. The first-order valence-electron chi connectivity index (χ1n) is 8.92. The maximum atomic E-state index is 13.1. The van der Waals surface area contributed by atoms with Crippen LogP contribution in [0.15, 0.2) is 46.9 Å². The summed E-state index contributed by atoms with van der Waals surface area (Å²) in [7, 11) is 0. The minimum absolute atomic E-state index is 0.00206. The largest absolute Gasteiger partial charge is 0.352 e. The van der Waals surface area contributed by atoms with E-state index in [4.69, 9.17) is 0 Å². The molecule has 0 saturated heterocycles. The van der Waals surface area contributed by atoms with Gasteiger partial charge in [-0.3, -0.25) is 9.59 Å². The Morgan fingerprint density at radius 3 is 2.38 bits per heavy atom. The summed E-state index contributed by atoms with van der Waals surface area (Å²) in [5.41, 5.74) is 2.76.